The van der Waals surface area contributed by atoms with Gasteiger partial charge < -0.3 is 9.67 Å². The molecule has 0 radical (unpaired) electrons. The van der Waals surface area contributed by atoms with Gasteiger partial charge in [0.2, 0.25) is 0 Å². The van der Waals surface area contributed by atoms with Gasteiger partial charge in [0.15, 0.2) is 0 Å². The molecule has 1 aromatic rings. The SMILES string of the molecule is CCC(n1cnnc1)C(C)(C)O. The minimum atomic E-state index is -0.725. The molecule has 0 bridgehead atoms. The standard InChI is InChI=1S/C8H15N3O/c1-4-7(8(2,3)12)11-5-9-10-6-11/h5-7,12H,4H2,1-3H3. The van der Waals surface area contributed by atoms with Crippen LogP contribution in [0.4, 0.5) is 0 Å². The van der Waals surface area contributed by atoms with Crippen molar-refractivity contribution in [3.63, 3.8) is 0 Å². The molecule has 1 aromatic heterocycles. The van der Waals surface area contributed by atoms with Crippen LogP contribution in [0.5, 0.6) is 0 Å². The highest BCUT2D eigenvalue weighted by molar-refractivity contribution is 4.83. The maximum atomic E-state index is 9.77. The smallest absolute Gasteiger partial charge is 0.119 e. The Kier molecular flexibility index (Phi) is 2.47. The van der Waals surface area contributed by atoms with Gasteiger partial charge in [-0.05, 0) is 20.3 Å². The van der Waals surface area contributed by atoms with Crippen LogP contribution in [0.1, 0.15) is 33.2 Å². The molecule has 1 atom stereocenters. The molecule has 0 aromatic carbocycles. The van der Waals surface area contributed by atoms with Crippen LogP contribution in [0.2, 0.25) is 0 Å². The van der Waals surface area contributed by atoms with E-state index in [4.69, 9.17) is 0 Å². The molecule has 12 heavy (non-hydrogen) atoms. The summed E-state index contributed by atoms with van der Waals surface area (Å²) in [7, 11) is 0. The van der Waals surface area contributed by atoms with Gasteiger partial charge >= 0.3 is 0 Å². The highest BCUT2D eigenvalue weighted by Crippen LogP contribution is 2.24. The third kappa shape index (κ3) is 1.82. The molecular weight excluding hydrogens is 154 g/mol. The van der Waals surface area contributed by atoms with Crippen LogP contribution in [0.15, 0.2) is 12.7 Å². The first-order valence-corrected chi connectivity index (χ1v) is 4.12. The fraction of sp³-hybridized carbons (Fsp3) is 0.750. The maximum Gasteiger partial charge on any atom is 0.119 e. The van der Waals surface area contributed by atoms with Gasteiger partial charge in [0.05, 0.1) is 11.6 Å². The molecule has 1 heterocycles. The second-order valence-corrected chi connectivity index (χ2v) is 3.49. The van der Waals surface area contributed by atoms with Crippen LogP contribution in [-0.4, -0.2) is 25.5 Å². The van der Waals surface area contributed by atoms with Crippen molar-refractivity contribution in [2.45, 2.75) is 38.8 Å². The highest BCUT2D eigenvalue weighted by atomic mass is 16.3. The molecule has 4 nitrogen and oxygen atoms in total. The van der Waals surface area contributed by atoms with Crippen molar-refractivity contribution in [3.8, 4) is 0 Å². The molecule has 0 saturated carbocycles. The lowest BCUT2D eigenvalue weighted by atomic mass is 9.97. The molecule has 0 aliphatic rings. The average molecular weight is 169 g/mol. The summed E-state index contributed by atoms with van der Waals surface area (Å²) in [6.07, 6.45) is 4.12. The van der Waals surface area contributed by atoms with E-state index >= 15 is 0 Å². The number of aromatic nitrogens is 3. The zero-order chi connectivity index (χ0) is 9.19. The Balaban J connectivity index is 2.84. The molecule has 1 rings (SSSR count). The Morgan fingerprint density at radius 1 is 1.42 bits per heavy atom. The largest absolute Gasteiger partial charge is 0.388 e. The van der Waals surface area contributed by atoms with Gasteiger partial charge in [-0.25, -0.2) is 0 Å². The summed E-state index contributed by atoms with van der Waals surface area (Å²) < 4.78 is 1.83. The van der Waals surface area contributed by atoms with Crippen molar-refractivity contribution < 1.29 is 5.11 Å². The van der Waals surface area contributed by atoms with Crippen LogP contribution in [0, 0.1) is 0 Å². The van der Waals surface area contributed by atoms with E-state index in [2.05, 4.69) is 10.2 Å². The van der Waals surface area contributed by atoms with E-state index in [0.29, 0.717) is 0 Å². The van der Waals surface area contributed by atoms with Gasteiger partial charge in [-0.1, -0.05) is 6.92 Å². The van der Waals surface area contributed by atoms with E-state index in [-0.39, 0.29) is 6.04 Å². The predicted octanol–water partition coefficient (Wildman–Crippen LogP) is 1.00. The number of hydrogen-bond donors (Lipinski definition) is 1. The van der Waals surface area contributed by atoms with Crippen LogP contribution in [0.25, 0.3) is 0 Å². The van der Waals surface area contributed by atoms with Crippen LogP contribution >= 0.6 is 0 Å². The average Bonchev–Trinajstić information content (AvgIpc) is 2.38. The fourth-order valence-electron chi connectivity index (χ4n) is 1.44. The number of nitrogens with zero attached hydrogens (tertiary/aromatic N) is 3. The van der Waals surface area contributed by atoms with Crippen molar-refractivity contribution in [3.05, 3.63) is 12.7 Å². The van der Waals surface area contributed by atoms with Crippen molar-refractivity contribution in [1.29, 1.82) is 0 Å². The summed E-state index contributed by atoms with van der Waals surface area (Å²) >= 11 is 0. The van der Waals surface area contributed by atoms with Gasteiger partial charge in [0.25, 0.3) is 0 Å². The molecule has 4 heteroatoms. The summed E-state index contributed by atoms with van der Waals surface area (Å²) in [6, 6.07) is 0.0486. The molecule has 1 unspecified atom stereocenters. The molecule has 0 aliphatic carbocycles. The van der Waals surface area contributed by atoms with Crippen molar-refractivity contribution in [2.75, 3.05) is 0 Å². The van der Waals surface area contributed by atoms with Crippen molar-refractivity contribution in [2.24, 2.45) is 0 Å². The molecular formula is C8H15N3O. The predicted molar refractivity (Wildman–Crippen MR) is 45.6 cm³/mol. The van der Waals surface area contributed by atoms with Crippen LogP contribution in [0.3, 0.4) is 0 Å². The van der Waals surface area contributed by atoms with E-state index in [1.54, 1.807) is 26.5 Å². The highest BCUT2D eigenvalue weighted by Gasteiger charge is 2.26. The third-order valence-electron chi connectivity index (χ3n) is 2.00. The third-order valence-corrected chi connectivity index (χ3v) is 2.00. The molecule has 0 fully saturated rings. The summed E-state index contributed by atoms with van der Waals surface area (Å²) in [4.78, 5) is 0. The van der Waals surface area contributed by atoms with E-state index in [1.807, 2.05) is 11.5 Å². The number of hydrogen-bond acceptors (Lipinski definition) is 3. The van der Waals surface area contributed by atoms with Crippen molar-refractivity contribution >= 4 is 0 Å². The lowest BCUT2D eigenvalue weighted by Gasteiger charge is -2.28. The normalized spacial score (nSPS) is 14.7. The van der Waals surface area contributed by atoms with Crippen molar-refractivity contribution in [1.82, 2.24) is 14.8 Å². The minimum Gasteiger partial charge on any atom is -0.388 e. The topological polar surface area (TPSA) is 50.9 Å². The number of rotatable bonds is 3. The molecule has 0 saturated heterocycles. The summed E-state index contributed by atoms with van der Waals surface area (Å²) in [5.74, 6) is 0. The minimum absolute atomic E-state index is 0.0486. The zero-order valence-corrected chi connectivity index (χ0v) is 7.73. The molecule has 0 spiro atoms. The Hall–Kier alpha value is -0.900. The first kappa shape index (κ1) is 9.19. The molecule has 1 N–H and O–H groups in total. The van der Waals surface area contributed by atoms with Gasteiger partial charge in [0, 0.05) is 0 Å². The summed E-state index contributed by atoms with van der Waals surface area (Å²) in [6.45, 7) is 5.62. The Morgan fingerprint density at radius 3 is 2.25 bits per heavy atom. The zero-order valence-electron chi connectivity index (χ0n) is 7.73. The quantitative estimate of drug-likeness (QED) is 0.734. The number of aliphatic hydroxyl groups is 1. The van der Waals surface area contributed by atoms with Crippen LogP contribution < -0.4 is 0 Å². The fourth-order valence-corrected chi connectivity index (χ4v) is 1.44. The van der Waals surface area contributed by atoms with Crippen LogP contribution in [-0.2, 0) is 0 Å². The summed E-state index contributed by atoms with van der Waals surface area (Å²) in [5.41, 5.74) is -0.725. The van der Waals surface area contributed by atoms with E-state index < -0.39 is 5.60 Å². The lowest BCUT2D eigenvalue weighted by Crippen LogP contribution is -2.32. The van der Waals surface area contributed by atoms with Gasteiger partial charge in [0.1, 0.15) is 12.7 Å². The lowest BCUT2D eigenvalue weighted by molar-refractivity contribution is 0.0212. The second-order valence-electron chi connectivity index (χ2n) is 3.49. The molecule has 68 valence electrons. The Morgan fingerprint density at radius 2 is 1.92 bits per heavy atom. The van der Waals surface area contributed by atoms with E-state index in [1.165, 1.54) is 0 Å². The van der Waals surface area contributed by atoms with E-state index in [9.17, 15) is 5.11 Å². The second kappa shape index (κ2) is 3.23. The maximum absolute atomic E-state index is 9.77. The van der Waals surface area contributed by atoms with Gasteiger partial charge in [-0.15, -0.1) is 10.2 Å². The monoisotopic (exact) mass is 169 g/mol. The van der Waals surface area contributed by atoms with E-state index in [0.717, 1.165) is 6.42 Å². The Bertz CT molecular complexity index is 225. The first-order valence-electron chi connectivity index (χ1n) is 4.12. The summed E-state index contributed by atoms with van der Waals surface area (Å²) in [5, 5.41) is 17.2. The van der Waals surface area contributed by atoms with Gasteiger partial charge in [-0.2, -0.15) is 0 Å². The molecule has 0 aliphatic heterocycles. The van der Waals surface area contributed by atoms with Gasteiger partial charge in [-0.3, -0.25) is 0 Å². The first-order chi connectivity index (χ1) is 5.55. The molecule has 0 amide bonds. The Labute approximate surface area is 72.2 Å².